The summed E-state index contributed by atoms with van der Waals surface area (Å²) >= 11 is 3.62. The Bertz CT molecular complexity index is 2300. The van der Waals surface area contributed by atoms with Gasteiger partial charge in [-0.3, -0.25) is 28.6 Å². The van der Waals surface area contributed by atoms with Gasteiger partial charge in [-0.2, -0.15) is 4.98 Å². The van der Waals surface area contributed by atoms with Crippen LogP contribution in [-0.2, 0) is 10.2 Å². The van der Waals surface area contributed by atoms with Gasteiger partial charge in [0.05, 0.1) is 33.1 Å². The highest BCUT2D eigenvalue weighted by atomic mass is 79.9. The van der Waals surface area contributed by atoms with Crippen molar-refractivity contribution in [2.45, 2.75) is 82.1 Å². The van der Waals surface area contributed by atoms with E-state index in [4.69, 9.17) is 4.98 Å². The van der Waals surface area contributed by atoms with Gasteiger partial charge in [0.1, 0.15) is 11.9 Å². The smallest absolute Gasteiger partial charge is 0.281 e. The lowest BCUT2D eigenvalue weighted by Crippen LogP contribution is -2.52. The van der Waals surface area contributed by atoms with E-state index >= 15 is 0 Å². The molecule has 2 saturated heterocycles. The molecule has 55 heavy (non-hydrogen) atoms. The van der Waals surface area contributed by atoms with E-state index in [1.807, 2.05) is 31.2 Å². The van der Waals surface area contributed by atoms with Crippen LogP contribution in [0.5, 0.6) is 0 Å². The van der Waals surface area contributed by atoms with Crippen molar-refractivity contribution >= 4 is 50.2 Å². The van der Waals surface area contributed by atoms with E-state index < -0.39 is 23.8 Å². The molecule has 1 aromatic heterocycles. The summed E-state index contributed by atoms with van der Waals surface area (Å²) < 4.78 is 3.07. The van der Waals surface area contributed by atoms with Crippen LogP contribution in [0.4, 0.5) is 5.69 Å². The second kappa shape index (κ2) is 14.2. The summed E-state index contributed by atoms with van der Waals surface area (Å²) in [5, 5.41) is 3.20. The average Bonchev–Trinajstić information content (AvgIpc) is 3.58. The maximum Gasteiger partial charge on any atom is 0.281 e. The third-order valence-corrected chi connectivity index (χ3v) is 13.7. The van der Waals surface area contributed by atoms with Gasteiger partial charge in [0.25, 0.3) is 17.4 Å². The molecule has 0 radical (unpaired) electrons. The van der Waals surface area contributed by atoms with E-state index in [9.17, 15) is 19.2 Å². The molecule has 3 aromatic carbocycles. The molecular weight excluding hydrogens is 756 g/mol. The monoisotopic (exact) mass is 802 g/mol. The van der Waals surface area contributed by atoms with Crippen molar-refractivity contribution < 1.29 is 14.4 Å². The fourth-order valence-electron chi connectivity index (χ4n) is 10.2. The third kappa shape index (κ3) is 5.88. The van der Waals surface area contributed by atoms with Crippen LogP contribution in [0.2, 0.25) is 0 Å². The molecule has 4 aliphatic heterocycles. The van der Waals surface area contributed by atoms with Gasteiger partial charge in [0, 0.05) is 35.7 Å². The van der Waals surface area contributed by atoms with Crippen LogP contribution in [0.3, 0.4) is 0 Å². The van der Waals surface area contributed by atoms with Gasteiger partial charge in [-0.1, -0.05) is 57.4 Å². The van der Waals surface area contributed by atoms with Crippen molar-refractivity contribution in [1.29, 1.82) is 0 Å². The number of likely N-dealkylation sites (tertiary alicyclic amines) is 1. The summed E-state index contributed by atoms with van der Waals surface area (Å²) in [6.07, 6.45) is 10.1. The lowest BCUT2D eigenvalue weighted by Gasteiger charge is -2.44. The number of hydrogen-bond donors (Lipinski definition) is 1. The minimum atomic E-state index is -0.863. The number of fused-ring (bicyclic) bond motifs is 8. The van der Waals surface area contributed by atoms with E-state index in [2.05, 4.69) is 66.5 Å². The number of piperidine rings is 1. The number of benzene rings is 3. The lowest BCUT2D eigenvalue weighted by atomic mass is 9.69. The topological polar surface area (TPSA) is 108 Å². The summed E-state index contributed by atoms with van der Waals surface area (Å²) in [6, 6.07) is 17.7. The first kappa shape index (κ1) is 36.1. The van der Waals surface area contributed by atoms with Crippen molar-refractivity contribution in [3.8, 4) is 5.69 Å². The largest absolute Gasteiger partial charge is 0.371 e. The van der Waals surface area contributed by atoms with Gasteiger partial charge in [0.15, 0.2) is 0 Å². The second-order valence-corrected chi connectivity index (χ2v) is 17.1. The van der Waals surface area contributed by atoms with E-state index in [0.717, 1.165) is 97.6 Å². The molecular formula is C44H47BrN6O4. The Morgan fingerprint density at radius 2 is 1.76 bits per heavy atom. The van der Waals surface area contributed by atoms with E-state index in [-0.39, 0.29) is 11.0 Å². The fraction of sp³-hybridized carbons (Fsp3) is 0.432. The third-order valence-electron chi connectivity index (χ3n) is 13.0. The Labute approximate surface area is 329 Å². The summed E-state index contributed by atoms with van der Waals surface area (Å²) in [5.74, 6) is 0.735. The van der Waals surface area contributed by atoms with Crippen LogP contribution in [0.25, 0.3) is 16.6 Å². The van der Waals surface area contributed by atoms with Crippen molar-refractivity contribution in [2.24, 2.45) is 5.92 Å². The normalized spacial score (nSPS) is 20.0. The number of anilines is 1. The molecule has 5 heterocycles. The van der Waals surface area contributed by atoms with E-state index in [0.29, 0.717) is 41.2 Å². The number of halogens is 1. The first-order valence-electron chi connectivity index (χ1n) is 20.0. The summed E-state index contributed by atoms with van der Waals surface area (Å²) in [6.45, 7) is 10.4. The van der Waals surface area contributed by atoms with Gasteiger partial charge in [0.2, 0.25) is 5.91 Å². The molecule has 1 spiro atoms. The molecule has 9 rings (SSSR count). The SMILES string of the molecule is C=CNC(=O)C(CCC)N1C(=O)c2ccc(N3CC(CN4CCC(c5ccc6c(c5)C5(CCCCC5)c5nc(=O)c7c(Br)cccc7n5-6)CC4)C3)cc2C1=O. The summed E-state index contributed by atoms with van der Waals surface area (Å²) in [5.41, 5.74) is 6.18. The maximum absolute atomic E-state index is 13.5. The maximum atomic E-state index is 13.5. The molecule has 1 N–H and O–H groups in total. The number of hydrogen-bond acceptors (Lipinski definition) is 7. The number of aromatic nitrogens is 2. The molecule has 4 aromatic rings. The number of imide groups is 1. The zero-order valence-corrected chi connectivity index (χ0v) is 32.9. The summed E-state index contributed by atoms with van der Waals surface area (Å²) in [4.78, 5) is 63.7. The van der Waals surface area contributed by atoms with Crippen LogP contribution in [0.1, 0.15) is 108 Å². The fourth-order valence-corrected chi connectivity index (χ4v) is 10.8. The van der Waals surface area contributed by atoms with E-state index in [1.165, 1.54) is 29.4 Å². The van der Waals surface area contributed by atoms with Crippen molar-refractivity contribution in [1.82, 2.24) is 24.7 Å². The highest BCUT2D eigenvalue weighted by molar-refractivity contribution is 9.10. The zero-order valence-electron chi connectivity index (χ0n) is 31.4. The number of nitrogens with one attached hydrogen (secondary N) is 1. The van der Waals surface area contributed by atoms with Gasteiger partial charge >= 0.3 is 0 Å². The lowest BCUT2D eigenvalue weighted by molar-refractivity contribution is -0.124. The molecule has 3 amide bonds. The molecule has 284 valence electrons. The molecule has 1 unspecified atom stereocenters. The Balaban J connectivity index is 0.852. The Morgan fingerprint density at radius 3 is 2.51 bits per heavy atom. The summed E-state index contributed by atoms with van der Waals surface area (Å²) in [7, 11) is 0. The minimum Gasteiger partial charge on any atom is -0.371 e. The molecule has 5 aliphatic rings. The van der Waals surface area contributed by atoms with Crippen molar-refractivity contribution in [3.05, 3.63) is 110 Å². The molecule has 0 bridgehead atoms. The Kier molecular flexibility index (Phi) is 9.28. The quantitative estimate of drug-likeness (QED) is 0.181. The molecule has 3 fully saturated rings. The highest BCUT2D eigenvalue weighted by Gasteiger charge is 2.47. The van der Waals surface area contributed by atoms with Gasteiger partial charge < -0.3 is 15.1 Å². The van der Waals surface area contributed by atoms with Crippen LogP contribution >= 0.6 is 15.9 Å². The Morgan fingerprint density at radius 1 is 1.00 bits per heavy atom. The molecule has 1 saturated carbocycles. The molecule has 11 heteroatoms. The average molecular weight is 804 g/mol. The van der Waals surface area contributed by atoms with Gasteiger partial charge in [-0.05, 0) is 121 Å². The molecule has 10 nitrogen and oxygen atoms in total. The number of amides is 3. The number of carbonyl (C=O) groups excluding carboxylic acids is 3. The van der Waals surface area contributed by atoms with Crippen LogP contribution in [0, 0.1) is 5.92 Å². The molecule has 1 aliphatic carbocycles. The zero-order chi connectivity index (χ0) is 38.0. The highest BCUT2D eigenvalue weighted by Crippen LogP contribution is 2.52. The van der Waals surface area contributed by atoms with Gasteiger partial charge in [-0.25, -0.2) is 0 Å². The van der Waals surface area contributed by atoms with E-state index in [1.54, 1.807) is 6.07 Å². The minimum absolute atomic E-state index is 0.147. The van der Waals surface area contributed by atoms with Crippen molar-refractivity contribution in [3.63, 3.8) is 0 Å². The second-order valence-electron chi connectivity index (χ2n) is 16.2. The number of rotatable bonds is 9. The predicted molar refractivity (Wildman–Crippen MR) is 217 cm³/mol. The van der Waals surface area contributed by atoms with Crippen LogP contribution < -0.4 is 15.8 Å². The Hall–Kier alpha value is -4.61. The number of nitrogens with zero attached hydrogens (tertiary/aromatic N) is 5. The predicted octanol–water partition coefficient (Wildman–Crippen LogP) is 7.05. The number of carbonyl (C=O) groups is 3. The van der Waals surface area contributed by atoms with Crippen LogP contribution in [0.15, 0.2) is 76.6 Å². The first-order chi connectivity index (χ1) is 26.7. The van der Waals surface area contributed by atoms with Gasteiger partial charge in [-0.15, -0.1) is 0 Å². The molecule has 1 atom stereocenters. The van der Waals surface area contributed by atoms with Crippen molar-refractivity contribution in [2.75, 3.05) is 37.6 Å². The van der Waals surface area contributed by atoms with Crippen LogP contribution in [-0.4, -0.2) is 75.8 Å². The standard InChI is InChI=1S/C44H47BrN6O4/c1-3-9-37(39(52)46-4-2)51-41(54)31-14-13-30(23-32(31)42(51)55)49-25-27(26-49)24-48-20-16-28(17-21-48)29-12-15-35-33(22-29)44(18-6-5-7-19-44)43-47-40(53)38-34(45)10-8-11-36(38)50(35)43/h4,8,10-15,22-23,27-28,37H,2-3,5-7,9,16-21,24-26H2,1H3,(H,46,52). The first-order valence-corrected chi connectivity index (χ1v) is 20.8.